The second-order valence-corrected chi connectivity index (χ2v) is 11.5. The summed E-state index contributed by atoms with van der Waals surface area (Å²) in [5, 5.41) is 7.03. The Kier molecular flexibility index (Phi) is 5.28. The van der Waals surface area contributed by atoms with Crippen LogP contribution in [0.1, 0.15) is 55.4 Å². The fourth-order valence-corrected chi connectivity index (χ4v) is 6.06. The molecule has 1 aliphatic heterocycles. The minimum absolute atomic E-state index is 0.146. The third-order valence-corrected chi connectivity index (χ3v) is 8.18. The summed E-state index contributed by atoms with van der Waals surface area (Å²) in [6.45, 7) is 6.98. The van der Waals surface area contributed by atoms with Gasteiger partial charge in [-0.15, -0.1) is 0 Å². The predicted octanol–water partition coefficient (Wildman–Crippen LogP) is 2.81. The van der Waals surface area contributed by atoms with Gasteiger partial charge in [-0.3, -0.25) is 4.68 Å². The number of carbonyl (C=O) groups is 1. The van der Waals surface area contributed by atoms with E-state index >= 15 is 0 Å². The van der Waals surface area contributed by atoms with Crippen LogP contribution in [0.15, 0.2) is 23.4 Å². The lowest BCUT2D eigenvalue weighted by Gasteiger charge is -2.38. The van der Waals surface area contributed by atoms with Crippen molar-refractivity contribution in [2.75, 3.05) is 25.0 Å². The smallest absolute Gasteiger partial charge is 0.307 e. The van der Waals surface area contributed by atoms with Gasteiger partial charge >= 0.3 is 6.03 Å². The van der Waals surface area contributed by atoms with E-state index in [0.717, 1.165) is 75.0 Å². The standard InChI is InChI=1S/C23H31N5O3S/c1-23(2,15-27-11-5-12-27)28-13-10-20(25-28)32(30,31)26-22(29)24-21-18-8-3-6-16(18)14-17-7-4-9-19(17)21/h10,13-14H,3-9,11-12,15H2,1-2H3,(H2,24,26,29). The molecule has 0 radical (unpaired) electrons. The molecule has 1 fully saturated rings. The number of carbonyl (C=O) groups excluding carboxylic acids is 1. The summed E-state index contributed by atoms with van der Waals surface area (Å²) in [5.41, 5.74) is 5.37. The van der Waals surface area contributed by atoms with E-state index in [-0.39, 0.29) is 10.6 Å². The average Bonchev–Trinajstić information content (AvgIpc) is 3.43. The monoisotopic (exact) mass is 457 g/mol. The molecule has 0 unspecified atom stereocenters. The van der Waals surface area contributed by atoms with Crippen molar-refractivity contribution in [2.24, 2.45) is 0 Å². The van der Waals surface area contributed by atoms with Gasteiger partial charge < -0.3 is 10.2 Å². The van der Waals surface area contributed by atoms with E-state index < -0.39 is 16.1 Å². The first-order valence-corrected chi connectivity index (χ1v) is 13.0. The number of amides is 2. The molecule has 5 rings (SSSR count). The molecule has 1 saturated heterocycles. The lowest BCUT2D eigenvalue weighted by molar-refractivity contribution is 0.112. The Bertz CT molecular complexity index is 1130. The van der Waals surface area contributed by atoms with Crippen molar-refractivity contribution in [3.63, 3.8) is 0 Å². The predicted molar refractivity (Wildman–Crippen MR) is 122 cm³/mol. The van der Waals surface area contributed by atoms with Crippen LogP contribution in [-0.2, 0) is 41.2 Å². The molecular weight excluding hydrogens is 426 g/mol. The lowest BCUT2D eigenvalue weighted by atomic mass is 9.99. The van der Waals surface area contributed by atoms with E-state index in [1.165, 1.54) is 23.6 Å². The third kappa shape index (κ3) is 3.92. The number of fused-ring (bicyclic) bond motifs is 2. The van der Waals surface area contributed by atoms with Gasteiger partial charge in [0.25, 0.3) is 10.0 Å². The molecule has 1 aromatic carbocycles. The quantitative estimate of drug-likeness (QED) is 0.695. The van der Waals surface area contributed by atoms with E-state index in [1.54, 1.807) is 10.9 Å². The van der Waals surface area contributed by atoms with Gasteiger partial charge in [-0.2, -0.15) is 13.5 Å². The molecule has 2 heterocycles. The highest BCUT2D eigenvalue weighted by molar-refractivity contribution is 7.90. The van der Waals surface area contributed by atoms with E-state index in [4.69, 9.17) is 0 Å². The second kappa shape index (κ2) is 7.88. The Morgan fingerprint density at radius 2 is 1.72 bits per heavy atom. The summed E-state index contributed by atoms with van der Waals surface area (Å²) in [7, 11) is -4.07. The number of benzene rings is 1. The fraction of sp³-hybridized carbons (Fsp3) is 0.565. The normalized spacial score (nSPS) is 18.2. The molecule has 32 heavy (non-hydrogen) atoms. The molecule has 1 aromatic heterocycles. The summed E-state index contributed by atoms with van der Waals surface area (Å²) in [6.07, 6.45) is 8.87. The van der Waals surface area contributed by atoms with Crippen LogP contribution in [0.5, 0.6) is 0 Å². The Morgan fingerprint density at radius 3 is 2.31 bits per heavy atom. The molecule has 172 valence electrons. The molecule has 8 nitrogen and oxygen atoms in total. The lowest BCUT2D eigenvalue weighted by Crippen LogP contribution is -2.47. The van der Waals surface area contributed by atoms with Crippen molar-refractivity contribution in [1.82, 2.24) is 19.4 Å². The van der Waals surface area contributed by atoms with E-state index in [0.29, 0.717) is 0 Å². The highest BCUT2D eigenvalue weighted by atomic mass is 32.2. The van der Waals surface area contributed by atoms with Gasteiger partial charge in [0.05, 0.1) is 5.54 Å². The molecule has 9 heteroatoms. The SMILES string of the molecule is CC(C)(CN1CCC1)n1ccc(S(=O)(=O)NC(=O)Nc2c3c(cc4c2CCC4)CCC3)n1. The number of urea groups is 1. The van der Waals surface area contributed by atoms with Crippen molar-refractivity contribution in [3.05, 3.63) is 40.6 Å². The summed E-state index contributed by atoms with van der Waals surface area (Å²) in [6, 6.07) is 3.00. The third-order valence-electron chi connectivity index (χ3n) is 6.96. The Hall–Kier alpha value is -2.39. The minimum Gasteiger partial charge on any atom is -0.307 e. The van der Waals surface area contributed by atoms with Gasteiger partial charge in [-0.1, -0.05) is 6.07 Å². The summed E-state index contributed by atoms with van der Waals surface area (Å²) >= 11 is 0. The molecule has 2 aromatic rings. The summed E-state index contributed by atoms with van der Waals surface area (Å²) < 4.78 is 29.6. The van der Waals surface area contributed by atoms with Gasteiger partial charge in [-0.05, 0) is 100 Å². The maximum absolute atomic E-state index is 12.9. The van der Waals surface area contributed by atoms with Crippen molar-refractivity contribution in [2.45, 2.75) is 69.4 Å². The zero-order valence-electron chi connectivity index (χ0n) is 18.8. The first kappa shape index (κ1) is 21.5. The zero-order chi connectivity index (χ0) is 22.5. The highest BCUT2D eigenvalue weighted by Gasteiger charge is 2.30. The van der Waals surface area contributed by atoms with E-state index in [9.17, 15) is 13.2 Å². The van der Waals surface area contributed by atoms with Crippen molar-refractivity contribution < 1.29 is 13.2 Å². The largest absolute Gasteiger partial charge is 0.333 e. The number of aryl methyl sites for hydroxylation is 2. The molecule has 3 aliphatic rings. The Morgan fingerprint density at radius 1 is 1.06 bits per heavy atom. The fourth-order valence-electron chi connectivity index (χ4n) is 5.23. The second-order valence-electron chi connectivity index (χ2n) is 9.83. The number of hydrogen-bond acceptors (Lipinski definition) is 5. The topological polar surface area (TPSA) is 96.3 Å². The molecular formula is C23H31N5O3S. The minimum atomic E-state index is -4.07. The number of anilines is 1. The molecule has 0 saturated carbocycles. The van der Waals surface area contributed by atoms with Crippen LogP contribution in [0.2, 0.25) is 0 Å². The number of nitrogens with one attached hydrogen (secondary N) is 2. The van der Waals surface area contributed by atoms with Crippen molar-refractivity contribution in [3.8, 4) is 0 Å². The van der Waals surface area contributed by atoms with Crippen LogP contribution >= 0.6 is 0 Å². The average molecular weight is 458 g/mol. The van der Waals surface area contributed by atoms with Crippen LogP contribution in [0.4, 0.5) is 10.5 Å². The maximum atomic E-state index is 12.9. The van der Waals surface area contributed by atoms with Gasteiger partial charge in [-0.25, -0.2) is 9.52 Å². The van der Waals surface area contributed by atoms with Gasteiger partial charge in [0.2, 0.25) is 0 Å². The molecule has 0 spiro atoms. The number of sulfonamides is 1. The van der Waals surface area contributed by atoms with Crippen LogP contribution in [0.3, 0.4) is 0 Å². The van der Waals surface area contributed by atoms with Crippen molar-refractivity contribution in [1.29, 1.82) is 0 Å². The van der Waals surface area contributed by atoms with Gasteiger partial charge in [0.15, 0.2) is 5.03 Å². The van der Waals surface area contributed by atoms with Crippen LogP contribution in [-0.4, -0.2) is 48.8 Å². The first-order chi connectivity index (χ1) is 15.2. The molecule has 2 amide bonds. The van der Waals surface area contributed by atoms with Crippen LogP contribution < -0.4 is 10.0 Å². The number of rotatable bonds is 6. The van der Waals surface area contributed by atoms with E-state index in [2.05, 4.69) is 26.1 Å². The molecule has 2 aliphatic carbocycles. The van der Waals surface area contributed by atoms with Crippen molar-refractivity contribution >= 4 is 21.7 Å². The van der Waals surface area contributed by atoms with Gasteiger partial charge in [0, 0.05) is 18.4 Å². The highest BCUT2D eigenvalue weighted by Crippen LogP contribution is 2.38. The summed E-state index contributed by atoms with van der Waals surface area (Å²) in [4.78, 5) is 15.1. The Balaban J connectivity index is 1.32. The van der Waals surface area contributed by atoms with Crippen LogP contribution in [0.25, 0.3) is 0 Å². The number of hydrogen-bond donors (Lipinski definition) is 2. The Labute approximate surface area is 189 Å². The number of likely N-dealkylation sites (tertiary alicyclic amines) is 1. The maximum Gasteiger partial charge on any atom is 0.333 e. The molecule has 0 bridgehead atoms. The summed E-state index contributed by atoms with van der Waals surface area (Å²) in [5.74, 6) is 0. The van der Waals surface area contributed by atoms with E-state index in [1.807, 2.05) is 13.8 Å². The molecule has 0 atom stereocenters. The number of nitrogens with zero attached hydrogens (tertiary/aromatic N) is 3. The van der Waals surface area contributed by atoms with Crippen LogP contribution in [0, 0.1) is 0 Å². The zero-order valence-corrected chi connectivity index (χ0v) is 19.6. The number of aromatic nitrogens is 2. The van der Waals surface area contributed by atoms with Gasteiger partial charge in [0.1, 0.15) is 0 Å². The first-order valence-electron chi connectivity index (χ1n) is 11.5. The molecule has 2 N–H and O–H groups in total.